The van der Waals surface area contributed by atoms with Crippen molar-refractivity contribution in [1.29, 1.82) is 0 Å². The van der Waals surface area contributed by atoms with Crippen LogP contribution >= 0.6 is 0 Å². The maximum absolute atomic E-state index is 9.28. The highest BCUT2D eigenvalue weighted by Crippen LogP contribution is 2.23. The van der Waals surface area contributed by atoms with Gasteiger partial charge in [-0.05, 0) is 24.6 Å². The highest BCUT2D eigenvalue weighted by atomic mass is 16.5. The van der Waals surface area contributed by atoms with E-state index in [9.17, 15) is 5.11 Å². The third kappa shape index (κ3) is 3.70. The second-order valence-corrected chi connectivity index (χ2v) is 5.30. The standard InChI is InChI=1S/C15H24N2O3/c1-11-7-17(9-14(10-18)20-11)8-13-5-12(6-16)3-4-15(13)19-2/h3-5,11,14,18H,6-10,16H2,1-2H3. The number of ether oxygens (including phenoxy) is 2. The lowest BCUT2D eigenvalue weighted by atomic mass is 10.1. The van der Waals surface area contributed by atoms with Crippen LogP contribution in [0.3, 0.4) is 0 Å². The van der Waals surface area contributed by atoms with Gasteiger partial charge in [-0.25, -0.2) is 0 Å². The van der Waals surface area contributed by atoms with Crippen molar-refractivity contribution in [3.63, 3.8) is 0 Å². The molecule has 5 nitrogen and oxygen atoms in total. The highest BCUT2D eigenvalue weighted by molar-refractivity contribution is 5.37. The van der Waals surface area contributed by atoms with Gasteiger partial charge in [-0.15, -0.1) is 0 Å². The van der Waals surface area contributed by atoms with Crippen LogP contribution in [0.25, 0.3) is 0 Å². The Morgan fingerprint density at radius 3 is 2.90 bits per heavy atom. The Morgan fingerprint density at radius 1 is 1.45 bits per heavy atom. The summed E-state index contributed by atoms with van der Waals surface area (Å²) in [4.78, 5) is 2.28. The van der Waals surface area contributed by atoms with E-state index in [-0.39, 0.29) is 18.8 Å². The van der Waals surface area contributed by atoms with Gasteiger partial charge in [0, 0.05) is 31.7 Å². The van der Waals surface area contributed by atoms with Crippen molar-refractivity contribution in [3.05, 3.63) is 29.3 Å². The molecule has 1 aliphatic heterocycles. The zero-order valence-electron chi connectivity index (χ0n) is 12.2. The van der Waals surface area contributed by atoms with Crippen LogP contribution in [0, 0.1) is 0 Å². The lowest BCUT2D eigenvalue weighted by molar-refractivity contribution is -0.0973. The van der Waals surface area contributed by atoms with E-state index < -0.39 is 0 Å². The van der Waals surface area contributed by atoms with Gasteiger partial charge in [0.05, 0.1) is 25.9 Å². The van der Waals surface area contributed by atoms with Gasteiger partial charge in [-0.1, -0.05) is 6.07 Å². The number of aliphatic hydroxyl groups excluding tert-OH is 1. The maximum atomic E-state index is 9.28. The first-order valence-electron chi connectivity index (χ1n) is 7.00. The summed E-state index contributed by atoms with van der Waals surface area (Å²) in [5, 5.41) is 9.28. The van der Waals surface area contributed by atoms with Crippen molar-refractivity contribution in [3.8, 4) is 5.75 Å². The normalized spacial score (nSPS) is 23.8. The number of rotatable bonds is 5. The van der Waals surface area contributed by atoms with Crippen LogP contribution in [0.15, 0.2) is 18.2 Å². The van der Waals surface area contributed by atoms with Crippen LogP contribution < -0.4 is 10.5 Å². The Labute approximate surface area is 120 Å². The van der Waals surface area contributed by atoms with E-state index in [0.29, 0.717) is 6.54 Å². The van der Waals surface area contributed by atoms with Crippen molar-refractivity contribution in [1.82, 2.24) is 4.90 Å². The Kier molecular flexibility index (Phi) is 5.37. The summed E-state index contributed by atoms with van der Waals surface area (Å²) in [6, 6.07) is 6.04. The molecule has 2 unspecified atom stereocenters. The van der Waals surface area contributed by atoms with Crippen LogP contribution in [0.1, 0.15) is 18.1 Å². The summed E-state index contributed by atoms with van der Waals surface area (Å²) >= 11 is 0. The van der Waals surface area contributed by atoms with E-state index in [2.05, 4.69) is 11.0 Å². The molecule has 1 heterocycles. The molecule has 0 amide bonds. The van der Waals surface area contributed by atoms with Crippen molar-refractivity contribution in [2.75, 3.05) is 26.8 Å². The summed E-state index contributed by atoms with van der Waals surface area (Å²) in [5.41, 5.74) is 7.93. The van der Waals surface area contributed by atoms with E-state index in [0.717, 1.165) is 36.5 Å². The molecule has 1 aromatic carbocycles. The summed E-state index contributed by atoms with van der Waals surface area (Å²) in [7, 11) is 1.68. The van der Waals surface area contributed by atoms with Crippen LogP contribution in [-0.2, 0) is 17.8 Å². The topological polar surface area (TPSA) is 68.0 Å². The molecule has 0 saturated carbocycles. The van der Waals surface area contributed by atoms with Crippen LogP contribution in [0.2, 0.25) is 0 Å². The SMILES string of the molecule is COc1ccc(CN)cc1CN1CC(C)OC(CO)C1. The fourth-order valence-electron chi connectivity index (χ4n) is 2.69. The minimum atomic E-state index is -0.109. The first kappa shape index (κ1) is 15.3. The fraction of sp³-hybridized carbons (Fsp3) is 0.600. The van der Waals surface area contributed by atoms with E-state index in [1.165, 1.54) is 0 Å². The molecule has 0 radical (unpaired) electrons. The molecule has 1 fully saturated rings. The summed E-state index contributed by atoms with van der Waals surface area (Å²) < 4.78 is 11.1. The molecule has 1 aliphatic rings. The fourth-order valence-corrected chi connectivity index (χ4v) is 2.69. The van der Waals surface area contributed by atoms with Gasteiger partial charge in [0.2, 0.25) is 0 Å². The molecule has 2 atom stereocenters. The van der Waals surface area contributed by atoms with Crippen LogP contribution in [0.5, 0.6) is 5.75 Å². The zero-order chi connectivity index (χ0) is 14.5. The number of benzene rings is 1. The number of methoxy groups -OCH3 is 1. The predicted octanol–water partition coefficient (Wildman–Crippen LogP) is 0.735. The molecule has 0 bridgehead atoms. The van der Waals surface area contributed by atoms with Crippen molar-refractivity contribution >= 4 is 0 Å². The quantitative estimate of drug-likeness (QED) is 0.832. The third-order valence-corrected chi connectivity index (χ3v) is 3.58. The molecule has 1 saturated heterocycles. The minimum Gasteiger partial charge on any atom is -0.496 e. The second kappa shape index (κ2) is 7.04. The molecule has 0 aliphatic carbocycles. The Balaban J connectivity index is 2.11. The van der Waals surface area contributed by atoms with Crippen molar-refractivity contribution in [2.45, 2.75) is 32.2 Å². The Morgan fingerprint density at radius 2 is 2.25 bits per heavy atom. The maximum Gasteiger partial charge on any atom is 0.123 e. The second-order valence-electron chi connectivity index (χ2n) is 5.30. The number of nitrogens with two attached hydrogens (primary N) is 1. The number of hydrogen-bond acceptors (Lipinski definition) is 5. The number of hydrogen-bond donors (Lipinski definition) is 2. The van der Waals surface area contributed by atoms with Gasteiger partial charge in [0.25, 0.3) is 0 Å². The molecule has 1 aromatic rings. The van der Waals surface area contributed by atoms with E-state index in [4.69, 9.17) is 15.2 Å². The third-order valence-electron chi connectivity index (χ3n) is 3.58. The molecule has 3 N–H and O–H groups in total. The molecule has 2 rings (SSSR count). The molecule has 5 heteroatoms. The molecular formula is C15H24N2O3. The van der Waals surface area contributed by atoms with Crippen molar-refractivity contribution < 1.29 is 14.6 Å². The number of morpholine rings is 1. The van der Waals surface area contributed by atoms with Gasteiger partial charge in [0.15, 0.2) is 0 Å². The van der Waals surface area contributed by atoms with Gasteiger partial charge in [-0.2, -0.15) is 0 Å². The Bertz CT molecular complexity index is 439. The smallest absolute Gasteiger partial charge is 0.123 e. The first-order chi connectivity index (χ1) is 9.66. The van der Waals surface area contributed by atoms with Gasteiger partial charge in [0.1, 0.15) is 5.75 Å². The molecule has 0 aromatic heterocycles. The average molecular weight is 280 g/mol. The van der Waals surface area contributed by atoms with E-state index >= 15 is 0 Å². The number of nitrogens with zero attached hydrogens (tertiary/aromatic N) is 1. The van der Waals surface area contributed by atoms with Crippen LogP contribution in [0.4, 0.5) is 0 Å². The highest BCUT2D eigenvalue weighted by Gasteiger charge is 2.25. The molecular weight excluding hydrogens is 256 g/mol. The Hall–Kier alpha value is -1.14. The lowest BCUT2D eigenvalue weighted by Crippen LogP contribution is -2.47. The average Bonchev–Trinajstić information content (AvgIpc) is 2.46. The molecule has 112 valence electrons. The largest absolute Gasteiger partial charge is 0.496 e. The summed E-state index contributed by atoms with van der Waals surface area (Å²) in [6.07, 6.45) is 0.0204. The van der Waals surface area contributed by atoms with Crippen molar-refractivity contribution in [2.24, 2.45) is 5.73 Å². The van der Waals surface area contributed by atoms with Crippen LogP contribution in [-0.4, -0.2) is 49.0 Å². The molecule has 20 heavy (non-hydrogen) atoms. The summed E-state index contributed by atoms with van der Waals surface area (Å²) in [5.74, 6) is 0.877. The van der Waals surface area contributed by atoms with Gasteiger partial charge >= 0.3 is 0 Å². The lowest BCUT2D eigenvalue weighted by Gasteiger charge is -2.36. The molecule has 0 spiro atoms. The summed E-state index contributed by atoms with van der Waals surface area (Å²) in [6.45, 7) is 4.98. The zero-order valence-corrected chi connectivity index (χ0v) is 12.2. The predicted molar refractivity (Wildman–Crippen MR) is 77.6 cm³/mol. The van der Waals surface area contributed by atoms with Gasteiger partial charge in [-0.3, -0.25) is 4.90 Å². The van der Waals surface area contributed by atoms with E-state index in [1.54, 1.807) is 7.11 Å². The minimum absolute atomic E-state index is 0.0564. The van der Waals surface area contributed by atoms with Gasteiger partial charge < -0.3 is 20.3 Å². The first-order valence-corrected chi connectivity index (χ1v) is 7.00. The van der Waals surface area contributed by atoms with E-state index in [1.807, 2.05) is 19.1 Å². The number of aliphatic hydroxyl groups is 1. The monoisotopic (exact) mass is 280 g/mol.